The van der Waals surface area contributed by atoms with Gasteiger partial charge < -0.3 is 9.84 Å². The number of hydrogen-bond acceptors (Lipinski definition) is 5. The van der Waals surface area contributed by atoms with Crippen molar-refractivity contribution in [1.82, 2.24) is 0 Å². The Labute approximate surface area is 265 Å². The molecule has 2 aromatic heterocycles. The highest BCUT2D eigenvalue weighted by atomic mass is 32.2. The van der Waals surface area contributed by atoms with Gasteiger partial charge in [0.15, 0.2) is 0 Å². The second-order valence-electron chi connectivity index (χ2n) is 9.07. The Morgan fingerprint density at radius 3 is 1.74 bits per heavy atom. The Bertz CT molecular complexity index is 1650. The summed E-state index contributed by atoms with van der Waals surface area (Å²) >= 11 is 5.15. The van der Waals surface area contributed by atoms with E-state index in [0.717, 1.165) is 39.3 Å². The number of hydrogen-bond donors (Lipinski definition) is 1. The molecular weight excluding hydrogens is 589 g/mol. The molecule has 0 saturated carbocycles. The van der Waals surface area contributed by atoms with Gasteiger partial charge in [-0.25, -0.2) is 0 Å². The predicted octanol–water partition coefficient (Wildman–Crippen LogP) is 9.24. The van der Waals surface area contributed by atoms with E-state index in [2.05, 4.69) is 125 Å². The first-order chi connectivity index (χ1) is 21.1. The lowest BCUT2D eigenvalue weighted by Gasteiger charge is -2.11. The molecule has 2 heterocycles. The molecule has 0 fully saturated rings. The third-order valence-corrected chi connectivity index (χ3v) is 8.41. The van der Waals surface area contributed by atoms with Gasteiger partial charge in [-0.15, -0.1) is 11.8 Å². The topological polar surface area (TPSA) is 46.5 Å². The Morgan fingerprint density at radius 1 is 0.791 bits per heavy atom. The molecule has 0 aliphatic heterocycles. The minimum Gasteiger partial charge on any atom is -0.494 e. The van der Waals surface area contributed by atoms with Gasteiger partial charge in [0.05, 0.1) is 6.61 Å². The molecule has 3 nitrogen and oxygen atoms in total. The number of benzene rings is 3. The van der Waals surface area contributed by atoms with Crippen LogP contribution in [-0.4, -0.2) is 23.9 Å². The van der Waals surface area contributed by atoms with E-state index < -0.39 is 0 Å². The first-order valence-corrected chi connectivity index (χ1v) is 16.4. The van der Waals surface area contributed by atoms with Crippen molar-refractivity contribution in [3.8, 4) is 29.4 Å². The second kappa shape index (κ2) is 16.9. The molecule has 0 bridgehead atoms. The van der Waals surface area contributed by atoms with E-state index >= 15 is 0 Å². The zero-order valence-corrected chi connectivity index (χ0v) is 26.3. The number of carbonyl (C=O) groups is 1. The lowest BCUT2D eigenvalue weighted by Crippen LogP contribution is -1.94. The van der Waals surface area contributed by atoms with Crippen molar-refractivity contribution >= 4 is 46.5 Å². The molecule has 214 valence electrons. The zero-order chi connectivity index (χ0) is 30.3. The van der Waals surface area contributed by atoms with Gasteiger partial charge in [-0.3, -0.25) is 4.79 Å². The highest BCUT2D eigenvalue weighted by Gasteiger charge is 2.07. The van der Waals surface area contributed by atoms with Crippen molar-refractivity contribution in [2.75, 3.05) is 12.4 Å². The Hall–Kier alpha value is -4.46. The van der Waals surface area contributed by atoms with E-state index in [4.69, 9.17) is 14.6 Å². The molecule has 0 aliphatic rings. The van der Waals surface area contributed by atoms with Crippen LogP contribution in [0.4, 0.5) is 0 Å². The van der Waals surface area contributed by atoms with Crippen LogP contribution in [0.5, 0.6) is 5.75 Å². The molecule has 5 aromatic rings. The summed E-state index contributed by atoms with van der Waals surface area (Å²) in [4.78, 5) is 9.59. The van der Waals surface area contributed by atoms with Crippen molar-refractivity contribution < 1.29 is 14.6 Å². The van der Waals surface area contributed by atoms with Gasteiger partial charge in [-0.2, -0.15) is 22.7 Å². The van der Waals surface area contributed by atoms with Gasteiger partial charge in [-0.1, -0.05) is 54.0 Å². The zero-order valence-electron chi connectivity index (χ0n) is 23.9. The lowest BCUT2D eigenvalue weighted by atomic mass is 9.96. The van der Waals surface area contributed by atoms with Crippen LogP contribution in [0.15, 0.2) is 111 Å². The van der Waals surface area contributed by atoms with Crippen LogP contribution >= 0.6 is 34.4 Å². The molecule has 0 spiro atoms. The molecule has 0 atom stereocenters. The van der Waals surface area contributed by atoms with Crippen LogP contribution in [0.1, 0.15) is 45.9 Å². The number of ether oxygens (including phenoxy) is 1. The summed E-state index contributed by atoms with van der Waals surface area (Å²) in [5.41, 5.74) is 8.82. The summed E-state index contributed by atoms with van der Waals surface area (Å²) in [6.07, 6.45) is 2.31. The number of rotatable bonds is 7. The molecule has 0 saturated heterocycles. The molecule has 43 heavy (non-hydrogen) atoms. The number of carboxylic acid groups (broad SMARTS) is 1. The summed E-state index contributed by atoms with van der Waals surface area (Å²) in [7, 11) is 0. The summed E-state index contributed by atoms with van der Waals surface area (Å²) in [6.45, 7) is 4.54. The molecule has 0 amide bonds. The van der Waals surface area contributed by atoms with Gasteiger partial charge in [0.25, 0.3) is 6.47 Å². The first kappa shape index (κ1) is 31.5. The van der Waals surface area contributed by atoms with Crippen LogP contribution in [-0.2, 0) is 4.79 Å². The third-order valence-electron chi connectivity index (χ3n) is 6.12. The fourth-order valence-corrected chi connectivity index (χ4v) is 6.12. The molecular formula is C37H30O3S3. The molecule has 0 aliphatic carbocycles. The third kappa shape index (κ3) is 9.81. The van der Waals surface area contributed by atoms with Crippen LogP contribution < -0.4 is 4.74 Å². The van der Waals surface area contributed by atoms with Gasteiger partial charge in [0, 0.05) is 43.7 Å². The highest BCUT2D eigenvalue weighted by molar-refractivity contribution is 7.99. The minimum absolute atomic E-state index is 0.250. The molecule has 5 rings (SSSR count). The number of aryl methyl sites for hydroxylation is 1. The standard InChI is InChI=1S/C36H28OS3.CH2O2/c1-3-37-36-17-16-34(24-27(36)2)40-23-20-35(32-12-8-28(9-13-32)4-6-30-18-21-38-25-30)33-14-10-29(11-15-33)5-7-31-19-22-39-26-31;2-1-3/h8-22,24-26H,3,23H2,1-2H3;1H,(H,2,3). The van der Waals surface area contributed by atoms with E-state index in [9.17, 15) is 0 Å². The monoisotopic (exact) mass is 618 g/mol. The van der Waals surface area contributed by atoms with Crippen LogP contribution in [0.2, 0.25) is 0 Å². The van der Waals surface area contributed by atoms with Gasteiger partial charge in [0.1, 0.15) is 5.75 Å². The smallest absolute Gasteiger partial charge is 0.290 e. The number of thiophene rings is 2. The quantitative estimate of drug-likeness (QED) is 0.112. The highest BCUT2D eigenvalue weighted by Crippen LogP contribution is 2.29. The van der Waals surface area contributed by atoms with Gasteiger partial charge >= 0.3 is 0 Å². The van der Waals surface area contributed by atoms with Crippen LogP contribution in [0.3, 0.4) is 0 Å². The van der Waals surface area contributed by atoms with Gasteiger partial charge in [0.2, 0.25) is 0 Å². The van der Waals surface area contributed by atoms with Crippen molar-refractivity contribution in [3.05, 3.63) is 145 Å². The van der Waals surface area contributed by atoms with E-state index in [1.165, 1.54) is 21.6 Å². The first-order valence-electron chi connectivity index (χ1n) is 13.5. The fourth-order valence-electron chi connectivity index (χ4n) is 4.08. The van der Waals surface area contributed by atoms with E-state index in [1.807, 2.05) is 30.8 Å². The Morgan fingerprint density at radius 2 is 1.30 bits per heavy atom. The van der Waals surface area contributed by atoms with Crippen LogP contribution in [0.25, 0.3) is 5.57 Å². The summed E-state index contributed by atoms with van der Waals surface area (Å²) in [6, 6.07) is 27.6. The van der Waals surface area contributed by atoms with Gasteiger partial charge in [-0.05, 0) is 101 Å². The van der Waals surface area contributed by atoms with Crippen molar-refractivity contribution in [2.24, 2.45) is 0 Å². The largest absolute Gasteiger partial charge is 0.494 e. The Balaban J connectivity index is 0.00000135. The fraction of sp³-hybridized carbons (Fsp3) is 0.108. The van der Waals surface area contributed by atoms with Crippen molar-refractivity contribution in [3.63, 3.8) is 0 Å². The summed E-state index contributed by atoms with van der Waals surface area (Å²) < 4.78 is 5.71. The molecule has 0 radical (unpaired) electrons. The second-order valence-corrected chi connectivity index (χ2v) is 11.7. The maximum Gasteiger partial charge on any atom is 0.290 e. The SMILES string of the molecule is CCOc1ccc(SCC=C(c2ccc(C#Cc3ccsc3)cc2)c2ccc(C#Cc3ccsc3)cc2)cc1C.O=CO. The van der Waals surface area contributed by atoms with Crippen LogP contribution in [0, 0.1) is 30.6 Å². The predicted molar refractivity (Wildman–Crippen MR) is 182 cm³/mol. The molecule has 0 unspecified atom stereocenters. The molecule has 3 aromatic carbocycles. The minimum atomic E-state index is -0.250. The van der Waals surface area contributed by atoms with E-state index in [0.29, 0.717) is 6.61 Å². The van der Waals surface area contributed by atoms with E-state index in [1.54, 1.807) is 22.7 Å². The maximum atomic E-state index is 8.36. The maximum absolute atomic E-state index is 8.36. The molecule has 1 N–H and O–H groups in total. The average molecular weight is 619 g/mol. The number of thioether (sulfide) groups is 1. The van der Waals surface area contributed by atoms with Crippen molar-refractivity contribution in [2.45, 2.75) is 18.7 Å². The Kier molecular flexibility index (Phi) is 12.3. The van der Waals surface area contributed by atoms with Crippen molar-refractivity contribution in [1.29, 1.82) is 0 Å². The normalized spacial score (nSPS) is 9.72. The molecule has 6 heteroatoms. The lowest BCUT2D eigenvalue weighted by molar-refractivity contribution is -0.122. The average Bonchev–Trinajstić information content (AvgIpc) is 3.75. The summed E-state index contributed by atoms with van der Waals surface area (Å²) in [5, 5.41) is 15.1. The summed E-state index contributed by atoms with van der Waals surface area (Å²) in [5.74, 6) is 14.8. The van der Waals surface area contributed by atoms with E-state index in [-0.39, 0.29) is 6.47 Å².